The maximum atomic E-state index is 5.29. The van der Waals surface area contributed by atoms with Gasteiger partial charge in [0.05, 0.1) is 0 Å². The largest absolute Gasteiger partial charge is 0.354 e. The fourth-order valence-electron chi connectivity index (χ4n) is 1.86. The van der Waals surface area contributed by atoms with Crippen molar-refractivity contribution in [1.82, 2.24) is 10.2 Å². The van der Waals surface area contributed by atoms with Crippen molar-refractivity contribution in [1.29, 1.82) is 0 Å². The van der Waals surface area contributed by atoms with E-state index in [1.807, 2.05) is 11.8 Å². The molecule has 0 aliphatic carbocycles. The smallest absolute Gasteiger partial charge is 0.136 e. The van der Waals surface area contributed by atoms with Gasteiger partial charge < -0.3 is 10.2 Å². The molecule has 0 saturated carbocycles. The molecule has 2 aliphatic heterocycles. The molecule has 0 unspecified atom stereocenters. The highest BCUT2D eigenvalue weighted by molar-refractivity contribution is 8.23. The van der Waals surface area contributed by atoms with Crippen molar-refractivity contribution >= 4 is 28.3 Å². The fourth-order valence-corrected chi connectivity index (χ4v) is 3.21. The lowest BCUT2D eigenvalue weighted by Crippen LogP contribution is -2.43. The third-order valence-corrected chi connectivity index (χ3v) is 4.00. The van der Waals surface area contributed by atoms with Gasteiger partial charge in [-0.1, -0.05) is 24.0 Å². The van der Waals surface area contributed by atoms with Crippen molar-refractivity contribution in [3.05, 3.63) is 0 Å². The Hall–Kier alpha value is 0.200. The normalized spacial score (nSPS) is 26.7. The van der Waals surface area contributed by atoms with E-state index in [1.54, 1.807) is 0 Å². The quantitative estimate of drug-likeness (QED) is 0.640. The minimum absolute atomic E-state index is 0.730. The summed E-state index contributed by atoms with van der Waals surface area (Å²) >= 11 is 7.13. The van der Waals surface area contributed by atoms with Gasteiger partial charge in [0, 0.05) is 18.3 Å². The molecule has 0 radical (unpaired) electrons. The first-order chi connectivity index (χ1) is 5.88. The molecular weight excluding hydrogens is 188 g/mol. The maximum absolute atomic E-state index is 5.29. The number of rotatable bonds is 1. The Morgan fingerprint density at radius 1 is 1.42 bits per heavy atom. The second kappa shape index (κ2) is 3.94. The lowest BCUT2D eigenvalue weighted by Gasteiger charge is -2.32. The lowest BCUT2D eigenvalue weighted by molar-refractivity contribution is 0.274. The van der Waals surface area contributed by atoms with Gasteiger partial charge in [0.2, 0.25) is 0 Å². The molecule has 2 rings (SSSR count). The number of hydrogen-bond acceptors (Lipinski definition) is 3. The fraction of sp³-hybridized carbons (Fsp3) is 0.875. The van der Waals surface area contributed by atoms with Crippen molar-refractivity contribution in [2.75, 3.05) is 25.4 Å². The van der Waals surface area contributed by atoms with Crippen LogP contribution < -0.4 is 5.32 Å². The van der Waals surface area contributed by atoms with Gasteiger partial charge in [-0.2, -0.15) is 0 Å². The Bertz CT molecular complexity index is 178. The first-order valence-electron chi connectivity index (χ1n) is 4.52. The molecule has 0 amide bonds. The molecule has 2 fully saturated rings. The average Bonchev–Trinajstić information content (AvgIpc) is 2.53. The first-order valence-corrected chi connectivity index (χ1v) is 5.91. The minimum Gasteiger partial charge on any atom is -0.354 e. The number of thiocarbonyl (C=S) groups is 1. The van der Waals surface area contributed by atoms with Crippen LogP contribution in [0.1, 0.15) is 12.8 Å². The van der Waals surface area contributed by atoms with Gasteiger partial charge in [-0.3, -0.25) is 0 Å². The van der Waals surface area contributed by atoms with Gasteiger partial charge in [0.25, 0.3) is 0 Å². The van der Waals surface area contributed by atoms with Crippen LogP contribution in [-0.2, 0) is 0 Å². The molecule has 2 heterocycles. The highest BCUT2D eigenvalue weighted by atomic mass is 32.2. The van der Waals surface area contributed by atoms with Crippen molar-refractivity contribution in [3.8, 4) is 0 Å². The second-order valence-corrected chi connectivity index (χ2v) is 5.02. The molecule has 0 spiro atoms. The van der Waals surface area contributed by atoms with Gasteiger partial charge >= 0.3 is 0 Å². The Morgan fingerprint density at radius 3 is 2.75 bits per heavy atom. The highest BCUT2D eigenvalue weighted by Crippen LogP contribution is 2.23. The van der Waals surface area contributed by atoms with E-state index < -0.39 is 0 Å². The minimum atomic E-state index is 0.730. The molecule has 2 nitrogen and oxygen atoms in total. The van der Waals surface area contributed by atoms with Crippen LogP contribution in [0.25, 0.3) is 0 Å². The Labute approximate surface area is 83.1 Å². The monoisotopic (exact) mass is 202 g/mol. The molecule has 0 aromatic heterocycles. The number of thioether (sulfide) groups is 1. The summed E-state index contributed by atoms with van der Waals surface area (Å²) < 4.78 is 1.13. The van der Waals surface area contributed by atoms with Crippen molar-refractivity contribution in [2.24, 2.45) is 0 Å². The van der Waals surface area contributed by atoms with E-state index in [9.17, 15) is 0 Å². The van der Waals surface area contributed by atoms with Gasteiger partial charge in [0.15, 0.2) is 0 Å². The standard InChI is InChI=1S/C8H14N2S2/c11-8-10(5-6-12-8)7-1-3-9-4-2-7/h7,9H,1-6H2. The summed E-state index contributed by atoms with van der Waals surface area (Å²) in [5, 5.41) is 3.38. The lowest BCUT2D eigenvalue weighted by atomic mass is 10.1. The van der Waals surface area contributed by atoms with Crippen LogP contribution in [-0.4, -0.2) is 40.6 Å². The van der Waals surface area contributed by atoms with E-state index in [2.05, 4.69) is 10.2 Å². The summed E-state index contributed by atoms with van der Waals surface area (Å²) in [6.45, 7) is 3.50. The van der Waals surface area contributed by atoms with E-state index >= 15 is 0 Å². The van der Waals surface area contributed by atoms with Crippen LogP contribution in [0.2, 0.25) is 0 Å². The molecule has 4 heteroatoms. The third kappa shape index (κ3) is 1.75. The topological polar surface area (TPSA) is 15.3 Å². The molecule has 0 aromatic carbocycles. The summed E-state index contributed by atoms with van der Waals surface area (Å²) in [6.07, 6.45) is 2.53. The molecule has 68 valence electrons. The van der Waals surface area contributed by atoms with Gasteiger partial charge in [-0.15, -0.1) is 0 Å². The van der Waals surface area contributed by atoms with Crippen molar-refractivity contribution in [2.45, 2.75) is 18.9 Å². The van der Waals surface area contributed by atoms with E-state index in [0.29, 0.717) is 0 Å². The Morgan fingerprint density at radius 2 is 2.17 bits per heavy atom. The second-order valence-electron chi connectivity index (χ2n) is 3.29. The Balaban J connectivity index is 1.93. The van der Waals surface area contributed by atoms with Crippen LogP contribution in [0.15, 0.2) is 0 Å². The summed E-state index contributed by atoms with van der Waals surface area (Å²) in [6, 6.07) is 0.730. The summed E-state index contributed by atoms with van der Waals surface area (Å²) in [5.74, 6) is 1.20. The van der Waals surface area contributed by atoms with Crippen molar-refractivity contribution in [3.63, 3.8) is 0 Å². The van der Waals surface area contributed by atoms with E-state index in [-0.39, 0.29) is 0 Å². The third-order valence-electron chi connectivity index (χ3n) is 2.54. The Kier molecular flexibility index (Phi) is 2.88. The molecule has 2 saturated heterocycles. The van der Waals surface area contributed by atoms with Gasteiger partial charge in [-0.05, 0) is 25.9 Å². The van der Waals surface area contributed by atoms with Crippen molar-refractivity contribution < 1.29 is 0 Å². The number of hydrogen-bond donors (Lipinski definition) is 1. The zero-order valence-electron chi connectivity index (χ0n) is 7.08. The number of piperidine rings is 1. The van der Waals surface area contributed by atoms with Gasteiger partial charge in [0.1, 0.15) is 4.32 Å². The molecule has 0 atom stereocenters. The summed E-state index contributed by atoms with van der Waals surface area (Å²) in [7, 11) is 0. The molecule has 12 heavy (non-hydrogen) atoms. The summed E-state index contributed by atoms with van der Waals surface area (Å²) in [5.41, 5.74) is 0. The van der Waals surface area contributed by atoms with Crippen LogP contribution in [0.3, 0.4) is 0 Å². The molecule has 0 bridgehead atoms. The predicted octanol–water partition coefficient (Wildman–Crippen LogP) is 1.07. The number of nitrogens with one attached hydrogen (secondary N) is 1. The van der Waals surface area contributed by atoms with E-state index in [1.165, 1.54) is 25.1 Å². The van der Waals surface area contributed by atoms with Crippen LogP contribution in [0, 0.1) is 0 Å². The van der Waals surface area contributed by atoms with E-state index in [4.69, 9.17) is 12.2 Å². The van der Waals surface area contributed by atoms with Crippen LogP contribution in [0.5, 0.6) is 0 Å². The summed E-state index contributed by atoms with van der Waals surface area (Å²) in [4.78, 5) is 2.42. The first kappa shape index (κ1) is 8.78. The SMILES string of the molecule is S=C1SCCN1C1CCNCC1. The predicted molar refractivity (Wildman–Crippen MR) is 57.7 cm³/mol. The zero-order valence-corrected chi connectivity index (χ0v) is 8.72. The maximum Gasteiger partial charge on any atom is 0.136 e. The molecule has 0 aromatic rings. The van der Waals surface area contributed by atoms with Gasteiger partial charge in [-0.25, -0.2) is 0 Å². The van der Waals surface area contributed by atoms with Crippen LogP contribution >= 0.6 is 24.0 Å². The average molecular weight is 202 g/mol. The molecule has 1 N–H and O–H groups in total. The zero-order chi connectivity index (χ0) is 8.39. The van der Waals surface area contributed by atoms with Crippen LogP contribution in [0.4, 0.5) is 0 Å². The van der Waals surface area contributed by atoms with E-state index in [0.717, 1.165) is 23.5 Å². The highest BCUT2D eigenvalue weighted by Gasteiger charge is 2.26. The molecule has 2 aliphatic rings. The number of nitrogens with zero attached hydrogens (tertiary/aromatic N) is 1. The molecular formula is C8H14N2S2.